The van der Waals surface area contributed by atoms with E-state index in [1.54, 1.807) is 0 Å². The third kappa shape index (κ3) is 8.73. The fourth-order valence-electron chi connectivity index (χ4n) is 6.57. The van der Waals surface area contributed by atoms with E-state index in [0.29, 0.717) is 45.7 Å². The number of hydrogen-bond acceptors (Lipinski definition) is 4. The van der Waals surface area contributed by atoms with E-state index in [0.717, 1.165) is 25.7 Å². The number of aromatic nitrogens is 1. The number of carbonyl (C=O) groups is 1. The number of aliphatic hydroxyl groups is 1. The monoisotopic (exact) mass is 900 g/mol. The molecule has 0 aliphatic carbocycles. The summed E-state index contributed by atoms with van der Waals surface area (Å²) in [5.41, 5.74) is 0.319. The Hall–Kier alpha value is -3.53. The third-order valence-corrected chi connectivity index (χ3v) is 10.8. The molecule has 2 heterocycles. The number of hydrogen-bond donors (Lipinski definition) is 1. The summed E-state index contributed by atoms with van der Waals surface area (Å²) < 4.78 is 85.3. The number of carbonyl (C=O) groups excluding carboxylic acids is 1. The fraction of sp³-hybridized carbons (Fsp3) is 0.458. The van der Waals surface area contributed by atoms with E-state index in [1.807, 2.05) is 83.1 Å². The van der Waals surface area contributed by atoms with Gasteiger partial charge in [-0.15, -0.1) is 17.5 Å². The van der Waals surface area contributed by atoms with Crippen molar-refractivity contribution in [3.05, 3.63) is 89.6 Å². The van der Waals surface area contributed by atoms with Crippen molar-refractivity contribution in [2.45, 2.75) is 122 Å². The molecule has 0 saturated heterocycles. The molecule has 0 amide bonds. The molecule has 0 atom stereocenters. The summed E-state index contributed by atoms with van der Waals surface area (Å²) in [6.07, 6.45) is 5.18. The first kappa shape index (κ1) is 30.8. The van der Waals surface area contributed by atoms with Gasteiger partial charge in [-0.2, -0.15) is 0 Å². The van der Waals surface area contributed by atoms with Gasteiger partial charge >= 0.3 is 0 Å². The molecule has 1 aromatic heterocycles. The Bertz CT molecular complexity index is 2640. The normalized spacial score (nSPS) is 15.6. The van der Waals surface area contributed by atoms with Crippen LogP contribution in [0.15, 0.2) is 72.4 Å². The molecular formula is C48H60IrNO3-. The van der Waals surface area contributed by atoms with E-state index in [9.17, 15) is 11.3 Å². The Labute approximate surface area is 344 Å². The van der Waals surface area contributed by atoms with Gasteiger partial charge < -0.3 is 9.84 Å². The van der Waals surface area contributed by atoms with E-state index in [-0.39, 0.29) is 135 Å². The minimum absolute atomic E-state index is 0. The quantitative estimate of drug-likeness (QED) is 0.0680. The van der Waals surface area contributed by atoms with Crippen LogP contribution in [-0.2, 0) is 37.7 Å². The molecule has 0 saturated carbocycles. The van der Waals surface area contributed by atoms with Gasteiger partial charge in [0.1, 0.15) is 11.5 Å². The van der Waals surface area contributed by atoms with Crippen LogP contribution < -0.4 is 4.74 Å². The molecule has 1 aliphatic rings. The maximum Gasteiger partial charge on any atom is 0.164 e. The van der Waals surface area contributed by atoms with Gasteiger partial charge in [0, 0.05) is 55.6 Å². The van der Waals surface area contributed by atoms with Crippen LogP contribution in [0.3, 0.4) is 0 Å². The molecule has 5 aromatic rings. The summed E-state index contributed by atoms with van der Waals surface area (Å²) in [5.74, 6) is 0.644. The molecule has 4 aromatic carbocycles. The van der Waals surface area contributed by atoms with Gasteiger partial charge in [-0.05, 0) is 83.2 Å². The minimum Gasteiger partial charge on any atom is -0.512 e. The molecule has 1 radical (unpaired) electrons. The second-order valence-electron chi connectivity index (χ2n) is 17.1. The van der Waals surface area contributed by atoms with Gasteiger partial charge in [-0.25, -0.2) is 0 Å². The standard InChI is InChI=1S/C33H32NO.C15H28O2.Ir/c1-32(2,3)18-21-11-9-13-23-24-14-15-34-30-26-16-20-10-7-8-12-22(20)27(19-33(4,5)6)31(26)35-28(29(24)30)17-25(21)23;1-7-14(5,8-2)12(16)11-13(17)15(6,9-3)10-4;/h7-15,17H,18-19H2,1-6H3;11,16H,7-10H2,1-6H3;/q-1;;/b;12-11-;/i7D,8D,9D,10D,11D,12D,14D,15D,17D;;. The number of benzene rings is 4. The predicted molar refractivity (Wildman–Crippen MR) is 221 cm³/mol. The van der Waals surface area contributed by atoms with Crippen LogP contribution in [0.5, 0.6) is 11.5 Å². The van der Waals surface area contributed by atoms with Crippen LogP contribution in [0, 0.1) is 27.7 Å². The van der Waals surface area contributed by atoms with Crippen molar-refractivity contribution in [2.75, 3.05) is 0 Å². The van der Waals surface area contributed by atoms with E-state index >= 15 is 0 Å². The van der Waals surface area contributed by atoms with Gasteiger partial charge in [0.05, 0.1) is 16.7 Å². The molecule has 4 nitrogen and oxygen atoms in total. The molecule has 6 rings (SSSR count). The smallest absolute Gasteiger partial charge is 0.164 e. The summed E-state index contributed by atoms with van der Waals surface area (Å²) in [4.78, 5) is 16.7. The van der Waals surface area contributed by atoms with Crippen LogP contribution in [0.2, 0.25) is 0 Å². The zero-order chi connectivity index (χ0) is 46.1. The van der Waals surface area contributed by atoms with Crippen molar-refractivity contribution in [3.63, 3.8) is 0 Å². The van der Waals surface area contributed by atoms with Crippen molar-refractivity contribution in [1.29, 1.82) is 0 Å². The maximum atomic E-state index is 12.2. The minimum atomic E-state index is -0.390. The van der Waals surface area contributed by atoms with Crippen molar-refractivity contribution in [3.8, 4) is 22.8 Å². The molecule has 0 bridgehead atoms. The largest absolute Gasteiger partial charge is 0.512 e. The van der Waals surface area contributed by atoms with Gasteiger partial charge in [-0.1, -0.05) is 136 Å². The van der Waals surface area contributed by atoms with Crippen molar-refractivity contribution in [2.24, 2.45) is 21.7 Å². The summed E-state index contributed by atoms with van der Waals surface area (Å²) in [5, 5.41) is 12.0. The van der Waals surface area contributed by atoms with E-state index in [2.05, 4.69) is 11.1 Å². The molecule has 5 heteroatoms. The number of pyridine rings is 1. The first-order valence-electron chi connectivity index (χ1n) is 23.1. The number of ether oxygens (including phenoxy) is 1. The molecule has 0 spiro atoms. The van der Waals surface area contributed by atoms with Crippen LogP contribution in [0.1, 0.15) is 132 Å². The first-order valence-corrected chi connectivity index (χ1v) is 18.6. The average Bonchev–Trinajstić information content (AvgIpc) is 3.19. The number of rotatable bonds is 9. The fourth-order valence-corrected chi connectivity index (χ4v) is 6.57. The van der Waals surface area contributed by atoms with Gasteiger partial charge in [0.2, 0.25) is 0 Å². The Kier molecular flexibility index (Phi) is 9.32. The van der Waals surface area contributed by atoms with Crippen LogP contribution in [0.4, 0.5) is 0 Å². The van der Waals surface area contributed by atoms with Crippen LogP contribution >= 0.6 is 0 Å². The molecule has 53 heavy (non-hydrogen) atoms. The number of aliphatic hydroxyl groups excluding tert-OH is 1. The second kappa shape index (κ2) is 16.1. The average molecular weight is 900 g/mol. The Morgan fingerprint density at radius 2 is 1.43 bits per heavy atom. The zero-order valence-corrected chi connectivity index (χ0v) is 35.8. The van der Waals surface area contributed by atoms with Crippen molar-refractivity contribution < 1.29 is 47.1 Å². The van der Waals surface area contributed by atoms with Crippen LogP contribution in [0.25, 0.3) is 43.6 Å². The van der Waals surface area contributed by atoms with Crippen LogP contribution in [-0.4, -0.2) is 15.9 Å². The molecule has 1 aliphatic heterocycles. The summed E-state index contributed by atoms with van der Waals surface area (Å²) in [6, 6.07) is 3.13. The number of fused-ring (bicyclic) bond motifs is 5. The van der Waals surface area contributed by atoms with Crippen molar-refractivity contribution >= 4 is 38.1 Å². The van der Waals surface area contributed by atoms with Crippen molar-refractivity contribution in [1.82, 2.24) is 4.98 Å². The molecule has 285 valence electrons. The second-order valence-corrected chi connectivity index (χ2v) is 17.1. The Morgan fingerprint density at radius 3 is 2.04 bits per heavy atom. The summed E-state index contributed by atoms with van der Waals surface area (Å²) in [6.45, 7) is 24.1. The Morgan fingerprint density at radius 1 is 0.811 bits per heavy atom. The van der Waals surface area contributed by atoms with E-state index < -0.39 is 6.04 Å². The summed E-state index contributed by atoms with van der Waals surface area (Å²) >= 11 is 0. The molecule has 0 unspecified atom stereocenters. The first-order chi connectivity index (χ1) is 28.1. The molecular weight excluding hydrogens is 831 g/mol. The summed E-state index contributed by atoms with van der Waals surface area (Å²) in [7, 11) is 0. The Balaban J connectivity index is 0.000000400. The maximum absolute atomic E-state index is 12.2. The third-order valence-electron chi connectivity index (χ3n) is 10.8. The SMILES string of the molecule is CCC(C)(CC)C(=O)/C=C(\O)C(C)(CC)CC.[2H]c1cc2c(c([2H])c3c4c(nc([2H])c([2H])c42)-c2[c-]c4c([2H])c([2H])c([2H])c([2H])c4c(CC(C)(C)C)c2O3)c(CC(C)(C)C)c1[2H].[Ir]. The molecule has 1 N–H and O–H groups in total. The predicted octanol–water partition coefficient (Wildman–Crippen LogP) is 13.9. The van der Waals surface area contributed by atoms with E-state index in [4.69, 9.17) is 15.7 Å². The zero-order valence-electron chi connectivity index (χ0n) is 42.4. The van der Waals surface area contributed by atoms with Gasteiger partial charge in [0.25, 0.3) is 0 Å². The van der Waals surface area contributed by atoms with Gasteiger partial charge in [0.15, 0.2) is 5.78 Å². The topological polar surface area (TPSA) is 59.4 Å². The van der Waals surface area contributed by atoms with Gasteiger partial charge in [-0.3, -0.25) is 9.78 Å². The van der Waals surface area contributed by atoms with E-state index in [1.165, 1.54) is 12.1 Å². The number of allylic oxidation sites excluding steroid dienone is 2. The number of nitrogens with zero attached hydrogens (tertiary/aromatic N) is 1. The molecule has 0 fully saturated rings. The number of ketones is 1.